The number of amides is 1. The third-order valence-electron chi connectivity index (χ3n) is 4.09. The lowest BCUT2D eigenvalue weighted by molar-refractivity contribution is -0.122. The predicted octanol–water partition coefficient (Wildman–Crippen LogP) is 1.86. The fraction of sp³-hybridized carbons (Fsp3) is 0.562. The van der Waals surface area contributed by atoms with Gasteiger partial charge in [-0.25, -0.2) is 4.39 Å². The van der Waals surface area contributed by atoms with Crippen LogP contribution in [-0.2, 0) is 11.3 Å². The molecular formula is C16H25ClFN3O. The van der Waals surface area contributed by atoms with E-state index in [-0.39, 0.29) is 24.1 Å². The van der Waals surface area contributed by atoms with Crippen molar-refractivity contribution in [3.05, 3.63) is 35.1 Å². The highest BCUT2D eigenvalue weighted by Gasteiger charge is 2.19. The van der Waals surface area contributed by atoms with Gasteiger partial charge in [-0.15, -0.1) is 12.4 Å². The molecule has 4 nitrogen and oxygen atoms in total. The number of hydrogen-bond acceptors (Lipinski definition) is 3. The molecule has 0 atom stereocenters. The van der Waals surface area contributed by atoms with E-state index in [0.717, 1.165) is 31.5 Å². The van der Waals surface area contributed by atoms with Gasteiger partial charge in [0.15, 0.2) is 0 Å². The second-order valence-corrected chi connectivity index (χ2v) is 5.70. The summed E-state index contributed by atoms with van der Waals surface area (Å²) in [5, 5.41) is 6.13. The molecule has 1 heterocycles. The lowest BCUT2D eigenvalue weighted by atomic mass is 10.1. The molecule has 1 aromatic rings. The largest absolute Gasteiger partial charge is 0.351 e. The molecule has 2 N–H and O–H groups in total. The number of aryl methyl sites for hydroxylation is 1. The number of hydrogen-bond donors (Lipinski definition) is 2. The van der Waals surface area contributed by atoms with Crippen molar-refractivity contribution in [1.82, 2.24) is 15.5 Å². The number of rotatable bonds is 5. The molecule has 1 aliphatic heterocycles. The summed E-state index contributed by atoms with van der Waals surface area (Å²) in [5.74, 6) is -0.227. The highest BCUT2D eigenvalue weighted by atomic mass is 35.5. The van der Waals surface area contributed by atoms with E-state index in [2.05, 4.69) is 15.5 Å². The number of carbonyl (C=O) groups excluding carboxylic acids is 1. The van der Waals surface area contributed by atoms with Crippen molar-refractivity contribution in [1.29, 1.82) is 0 Å². The summed E-state index contributed by atoms with van der Waals surface area (Å²) in [7, 11) is 1.98. The van der Waals surface area contributed by atoms with Crippen LogP contribution in [0.1, 0.15) is 24.0 Å². The lowest BCUT2D eigenvalue weighted by Gasteiger charge is -2.31. The van der Waals surface area contributed by atoms with Gasteiger partial charge < -0.3 is 10.6 Å². The Morgan fingerprint density at radius 1 is 1.36 bits per heavy atom. The second-order valence-electron chi connectivity index (χ2n) is 5.70. The van der Waals surface area contributed by atoms with Gasteiger partial charge in [-0.2, -0.15) is 0 Å². The fourth-order valence-corrected chi connectivity index (χ4v) is 2.59. The average molecular weight is 330 g/mol. The summed E-state index contributed by atoms with van der Waals surface area (Å²) in [6, 6.07) is 5.63. The molecule has 0 saturated carbocycles. The lowest BCUT2D eigenvalue weighted by Crippen LogP contribution is -2.45. The smallest absolute Gasteiger partial charge is 0.234 e. The molecule has 1 amide bonds. The Hall–Kier alpha value is -1.17. The van der Waals surface area contributed by atoms with Crippen molar-refractivity contribution in [3.8, 4) is 0 Å². The summed E-state index contributed by atoms with van der Waals surface area (Å²) >= 11 is 0. The van der Waals surface area contributed by atoms with E-state index in [1.807, 2.05) is 13.1 Å². The maximum absolute atomic E-state index is 13.4. The van der Waals surface area contributed by atoms with Crippen LogP contribution in [0.2, 0.25) is 0 Å². The first kappa shape index (κ1) is 18.9. The van der Waals surface area contributed by atoms with Gasteiger partial charge in [-0.05, 0) is 44.0 Å². The summed E-state index contributed by atoms with van der Waals surface area (Å²) < 4.78 is 13.4. The van der Waals surface area contributed by atoms with E-state index in [4.69, 9.17) is 0 Å². The maximum atomic E-state index is 13.4. The molecule has 0 bridgehead atoms. The number of carbonyl (C=O) groups is 1. The molecule has 1 aromatic carbocycles. The quantitative estimate of drug-likeness (QED) is 0.866. The fourth-order valence-electron chi connectivity index (χ4n) is 2.59. The van der Waals surface area contributed by atoms with Crippen molar-refractivity contribution in [2.75, 3.05) is 26.7 Å². The van der Waals surface area contributed by atoms with Crippen molar-refractivity contribution >= 4 is 18.3 Å². The van der Waals surface area contributed by atoms with Crippen molar-refractivity contribution in [3.63, 3.8) is 0 Å². The summed E-state index contributed by atoms with van der Waals surface area (Å²) in [5.41, 5.74) is 1.41. The Balaban J connectivity index is 0.00000242. The first-order valence-corrected chi connectivity index (χ1v) is 7.50. The standard InChI is InChI=1S/C16H24FN3O.ClH/c1-12-3-4-13(9-15(12)17)10-19-16(21)11-20-7-5-14(18-2)6-8-20;/h3-4,9,14,18H,5-8,10-11H2,1-2H3,(H,19,21);1H. The normalized spacial score (nSPS) is 16.1. The molecule has 2 rings (SSSR count). The Morgan fingerprint density at radius 2 is 2.05 bits per heavy atom. The van der Waals surface area contributed by atoms with Gasteiger partial charge in [0.25, 0.3) is 0 Å². The number of halogens is 2. The van der Waals surface area contributed by atoms with Gasteiger partial charge in [0.1, 0.15) is 5.82 Å². The van der Waals surface area contributed by atoms with Crippen LogP contribution < -0.4 is 10.6 Å². The third kappa shape index (κ3) is 5.55. The number of nitrogens with one attached hydrogen (secondary N) is 2. The molecule has 0 spiro atoms. The highest BCUT2D eigenvalue weighted by Crippen LogP contribution is 2.10. The van der Waals surface area contributed by atoms with Gasteiger partial charge in [0.05, 0.1) is 6.54 Å². The van der Waals surface area contributed by atoms with Crippen LogP contribution in [0.25, 0.3) is 0 Å². The van der Waals surface area contributed by atoms with Crippen molar-refractivity contribution in [2.24, 2.45) is 0 Å². The van der Waals surface area contributed by atoms with Crippen LogP contribution >= 0.6 is 12.4 Å². The molecule has 6 heteroatoms. The number of likely N-dealkylation sites (tertiary alicyclic amines) is 1. The van der Waals surface area contributed by atoms with E-state index >= 15 is 0 Å². The van der Waals surface area contributed by atoms with Crippen LogP contribution in [0.4, 0.5) is 4.39 Å². The van der Waals surface area contributed by atoms with Gasteiger partial charge in [0, 0.05) is 25.7 Å². The SMILES string of the molecule is CNC1CCN(CC(=O)NCc2ccc(C)c(F)c2)CC1.Cl. The predicted molar refractivity (Wildman–Crippen MR) is 88.8 cm³/mol. The van der Waals surface area contributed by atoms with Crippen LogP contribution in [0, 0.1) is 12.7 Å². The van der Waals surface area contributed by atoms with Crippen LogP contribution in [0.5, 0.6) is 0 Å². The Bertz CT molecular complexity index is 490. The van der Waals surface area contributed by atoms with Gasteiger partial charge in [0.2, 0.25) is 5.91 Å². The molecular weight excluding hydrogens is 305 g/mol. The summed E-state index contributed by atoms with van der Waals surface area (Å²) in [6.07, 6.45) is 2.15. The summed E-state index contributed by atoms with van der Waals surface area (Å²) in [6.45, 7) is 4.41. The topological polar surface area (TPSA) is 44.4 Å². The third-order valence-corrected chi connectivity index (χ3v) is 4.09. The average Bonchev–Trinajstić information content (AvgIpc) is 2.49. The zero-order chi connectivity index (χ0) is 15.2. The Morgan fingerprint density at radius 3 is 2.64 bits per heavy atom. The second kappa shape index (κ2) is 9.08. The molecule has 0 radical (unpaired) electrons. The first-order valence-electron chi connectivity index (χ1n) is 7.50. The Labute approximate surface area is 137 Å². The molecule has 22 heavy (non-hydrogen) atoms. The molecule has 1 saturated heterocycles. The molecule has 0 aromatic heterocycles. The van der Waals surface area contributed by atoms with E-state index in [1.54, 1.807) is 13.0 Å². The summed E-state index contributed by atoms with van der Waals surface area (Å²) in [4.78, 5) is 14.1. The zero-order valence-corrected chi connectivity index (χ0v) is 14.0. The van der Waals surface area contributed by atoms with E-state index in [0.29, 0.717) is 24.7 Å². The van der Waals surface area contributed by atoms with Gasteiger partial charge >= 0.3 is 0 Å². The molecule has 1 aliphatic rings. The zero-order valence-electron chi connectivity index (χ0n) is 13.2. The number of piperidine rings is 1. The maximum Gasteiger partial charge on any atom is 0.234 e. The number of benzene rings is 1. The van der Waals surface area contributed by atoms with Crippen molar-refractivity contribution in [2.45, 2.75) is 32.4 Å². The molecule has 124 valence electrons. The first-order chi connectivity index (χ1) is 10.1. The van der Waals surface area contributed by atoms with E-state index in [9.17, 15) is 9.18 Å². The van der Waals surface area contributed by atoms with Crippen LogP contribution in [0.15, 0.2) is 18.2 Å². The number of nitrogens with zero attached hydrogens (tertiary/aromatic N) is 1. The van der Waals surface area contributed by atoms with E-state index in [1.165, 1.54) is 6.07 Å². The minimum atomic E-state index is -0.226. The minimum Gasteiger partial charge on any atom is -0.351 e. The van der Waals surface area contributed by atoms with Crippen molar-refractivity contribution < 1.29 is 9.18 Å². The van der Waals surface area contributed by atoms with Gasteiger partial charge in [-0.1, -0.05) is 12.1 Å². The van der Waals surface area contributed by atoms with Crippen LogP contribution in [-0.4, -0.2) is 43.5 Å². The molecule has 1 fully saturated rings. The highest BCUT2D eigenvalue weighted by molar-refractivity contribution is 5.85. The minimum absolute atomic E-state index is 0. The molecule has 0 aliphatic carbocycles. The molecule has 0 unspecified atom stereocenters. The van der Waals surface area contributed by atoms with Gasteiger partial charge in [-0.3, -0.25) is 9.69 Å². The van der Waals surface area contributed by atoms with E-state index < -0.39 is 0 Å². The monoisotopic (exact) mass is 329 g/mol. The van der Waals surface area contributed by atoms with Crippen LogP contribution in [0.3, 0.4) is 0 Å². The Kier molecular flexibility index (Phi) is 7.79.